The largest absolute Gasteiger partial charge is 0.481 e. The first-order valence-electron chi connectivity index (χ1n) is 6.38. The molecular weight excluding hydrogens is 250 g/mol. The Balaban J connectivity index is 2.89. The van der Waals surface area contributed by atoms with Gasteiger partial charge in [0.1, 0.15) is 5.15 Å². The van der Waals surface area contributed by atoms with E-state index in [4.69, 9.17) is 11.6 Å². The molecule has 0 saturated heterocycles. The molecule has 0 bridgehead atoms. The minimum Gasteiger partial charge on any atom is -0.481 e. The van der Waals surface area contributed by atoms with Gasteiger partial charge in [-0.3, -0.25) is 4.79 Å². The van der Waals surface area contributed by atoms with Crippen LogP contribution in [0.4, 0.5) is 0 Å². The van der Waals surface area contributed by atoms with Crippen molar-refractivity contribution < 1.29 is 9.90 Å². The number of pyridine rings is 1. The molecule has 4 heteroatoms. The molecule has 0 radical (unpaired) electrons. The van der Waals surface area contributed by atoms with Crippen molar-refractivity contribution in [3.05, 3.63) is 29.0 Å². The summed E-state index contributed by atoms with van der Waals surface area (Å²) in [5.74, 6) is -0.714. The van der Waals surface area contributed by atoms with E-state index in [1.807, 2.05) is 13.0 Å². The number of carboxylic acid groups (broad SMARTS) is 1. The summed E-state index contributed by atoms with van der Waals surface area (Å²) in [5.41, 5.74) is 0.255. The predicted octanol–water partition coefficient (Wildman–Crippen LogP) is 3.95. The lowest BCUT2D eigenvalue weighted by molar-refractivity contribution is -0.149. The zero-order chi connectivity index (χ0) is 13.6. The molecule has 3 nitrogen and oxygen atoms in total. The Morgan fingerprint density at radius 2 is 2.17 bits per heavy atom. The van der Waals surface area contributed by atoms with Crippen LogP contribution in [0.1, 0.15) is 45.1 Å². The highest BCUT2D eigenvalue weighted by molar-refractivity contribution is 6.29. The number of halogens is 1. The monoisotopic (exact) mass is 269 g/mol. The van der Waals surface area contributed by atoms with Crippen LogP contribution < -0.4 is 0 Å². The van der Waals surface area contributed by atoms with Gasteiger partial charge in [0.05, 0.1) is 5.41 Å². The molecule has 0 aliphatic rings. The second kappa shape index (κ2) is 6.74. The van der Waals surface area contributed by atoms with Crippen LogP contribution in [-0.2, 0) is 11.2 Å². The highest BCUT2D eigenvalue weighted by Gasteiger charge is 2.36. The van der Waals surface area contributed by atoms with Gasteiger partial charge in [-0.05, 0) is 30.9 Å². The molecule has 0 amide bonds. The Bertz CT molecular complexity index is 391. The van der Waals surface area contributed by atoms with Crippen molar-refractivity contribution in [3.8, 4) is 0 Å². The third-order valence-electron chi connectivity index (χ3n) is 3.47. The normalized spacial score (nSPS) is 14.2. The summed E-state index contributed by atoms with van der Waals surface area (Å²) in [6, 6.07) is 3.56. The smallest absolute Gasteiger partial charge is 0.309 e. The van der Waals surface area contributed by atoms with Crippen molar-refractivity contribution in [2.75, 3.05) is 0 Å². The lowest BCUT2D eigenvalue weighted by atomic mass is 9.75. The number of aromatic nitrogens is 1. The molecule has 0 spiro atoms. The molecule has 1 atom stereocenters. The lowest BCUT2D eigenvalue weighted by Crippen LogP contribution is -2.32. The van der Waals surface area contributed by atoms with Gasteiger partial charge < -0.3 is 5.11 Å². The minimum absolute atomic E-state index is 0.435. The highest BCUT2D eigenvalue weighted by atomic mass is 35.5. The number of rotatable bonds is 7. The molecule has 1 aromatic rings. The lowest BCUT2D eigenvalue weighted by Gasteiger charge is -2.28. The third-order valence-corrected chi connectivity index (χ3v) is 3.69. The van der Waals surface area contributed by atoms with Gasteiger partial charge in [-0.2, -0.15) is 0 Å². The first kappa shape index (κ1) is 15.0. The van der Waals surface area contributed by atoms with Crippen LogP contribution in [0.2, 0.25) is 5.15 Å². The van der Waals surface area contributed by atoms with Crippen molar-refractivity contribution >= 4 is 17.6 Å². The average Bonchev–Trinajstić information content (AvgIpc) is 2.36. The van der Waals surface area contributed by atoms with Crippen LogP contribution >= 0.6 is 11.6 Å². The molecule has 1 rings (SSSR count). The van der Waals surface area contributed by atoms with E-state index in [0.717, 1.165) is 18.4 Å². The maximum Gasteiger partial charge on any atom is 0.309 e. The summed E-state index contributed by atoms with van der Waals surface area (Å²) in [7, 11) is 0. The number of unbranched alkanes of at least 4 members (excludes halogenated alkanes) is 1. The molecule has 1 aromatic heterocycles. The van der Waals surface area contributed by atoms with Gasteiger partial charge in [0.25, 0.3) is 0 Å². The molecule has 1 heterocycles. The number of carboxylic acids is 1. The molecule has 100 valence electrons. The number of hydrogen-bond donors (Lipinski definition) is 1. The second-order valence-electron chi connectivity index (χ2n) is 4.71. The quantitative estimate of drug-likeness (QED) is 0.763. The van der Waals surface area contributed by atoms with Gasteiger partial charge in [-0.25, -0.2) is 4.98 Å². The third kappa shape index (κ3) is 3.70. The van der Waals surface area contributed by atoms with Crippen LogP contribution in [0.3, 0.4) is 0 Å². The SMILES string of the molecule is CCCCC(CC)(Cc1ccc(Cl)nc1)C(=O)O. The molecular formula is C14H20ClNO2. The summed E-state index contributed by atoms with van der Waals surface area (Å²) in [6.07, 6.45) is 5.46. The van der Waals surface area contributed by atoms with Crippen LogP contribution in [0.25, 0.3) is 0 Å². The molecule has 1 N–H and O–H groups in total. The van der Waals surface area contributed by atoms with E-state index >= 15 is 0 Å². The average molecular weight is 270 g/mol. The van der Waals surface area contributed by atoms with Gasteiger partial charge >= 0.3 is 5.97 Å². The van der Waals surface area contributed by atoms with Crippen molar-refractivity contribution in [1.29, 1.82) is 0 Å². The van der Waals surface area contributed by atoms with Crippen LogP contribution in [-0.4, -0.2) is 16.1 Å². The van der Waals surface area contributed by atoms with Crippen LogP contribution in [0, 0.1) is 5.41 Å². The first-order chi connectivity index (χ1) is 8.54. The topological polar surface area (TPSA) is 50.2 Å². The number of hydrogen-bond acceptors (Lipinski definition) is 2. The summed E-state index contributed by atoms with van der Waals surface area (Å²) in [6.45, 7) is 4.01. The highest BCUT2D eigenvalue weighted by Crippen LogP contribution is 2.33. The van der Waals surface area contributed by atoms with E-state index in [-0.39, 0.29) is 0 Å². The first-order valence-corrected chi connectivity index (χ1v) is 6.75. The van der Waals surface area contributed by atoms with E-state index in [9.17, 15) is 9.90 Å². The summed E-state index contributed by atoms with van der Waals surface area (Å²) in [4.78, 5) is 15.6. The Hall–Kier alpha value is -1.09. The fourth-order valence-electron chi connectivity index (χ4n) is 2.14. The Morgan fingerprint density at radius 3 is 2.61 bits per heavy atom. The second-order valence-corrected chi connectivity index (χ2v) is 5.10. The maximum absolute atomic E-state index is 11.6. The molecule has 0 saturated carbocycles. The van der Waals surface area contributed by atoms with Crippen molar-refractivity contribution in [1.82, 2.24) is 4.98 Å². The zero-order valence-corrected chi connectivity index (χ0v) is 11.7. The van der Waals surface area contributed by atoms with Crippen LogP contribution in [0.15, 0.2) is 18.3 Å². The Labute approximate surface area is 113 Å². The van der Waals surface area contributed by atoms with Crippen LogP contribution in [0.5, 0.6) is 0 Å². The fraction of sp³-hybridized carbons (Fsp3) is 0.571. The standard InChI is InChI=1S/C14H20ClNO2/c1-3-5-8-14(4-2,13(17)18)9-11-6-7-12(15)16-10-11/h6-7,10H,3-5,8-9H2,1-2H3,(H,17,18). The molecule has 1 unspecified atom stereocenters. The maximum atomic E-state index is 11.6. The molecule has 0 fully saturated rings. The summed E-state index contributed by atoms with van der Waals surface area (Å²) in [5, 5.41) is 9.95. The molecule has 18 heavy (non-hydrogen) atoms. The van der Waals surface area contributed by atoms with Gasteiger partial charge in [0.2, 0.25) is 0 Å². The van der Waals surface area contributed by atoms with E-state index in [1.165, 1.54) is 0 Å². The Morgan fingerprint density at radius 1 is 1.44 bits per heavy atom. The number of nitrogens with zero attached hydrogens (tertiary/aromatic N) is 1. The van der Waals surface area contributed by atoms with E-state index in [2.05, 4.69) is 11.9 Å². The van der Waals surface area contributed by atoms with Crippen molar-refractivity contribution in [3.63, 3.8) is 0 Å². The molecule has 0 aliphatic carbocycles. The minimum atomic E-state index is -0.714. The van der Waals surface area contributed by atoms with E-state index < -0.39 is 11.4 Å². The van der Waals surface area contributed by atoms with Crippen molar-refractivity contribution in [2.24, 2.45) is 5.41 Å². The van der Waals surface area contributed by atoms with Gasteiger partial charge in [0.15, 0.2) is 0 Å². The van der Waals surface area contributed by atoms with Gasteiger partial charge in [-0.1, -0.05) is 44.4 Å². The Kier molecular flexibility index (Phi) is 5.60. The molecule has 0 aliphatic heterocycles. The number of aliphatic carboxylic acids is 1. The number of carbonyl (C=O) groups is 1. The molecule has 0 aromatic carbocycles. The zero-order valence-electron chi connectivity index (χ0n) is 10.9. The predicted molar refractivity (Wildman–Crippen MR) is 72.8 cm³/mol. The van der Waals surface area contributed by atoms with Gasteiger partial charge in [0, 0.05) is 6.20 Å². The fourth-order valence-corrected chi connectivity index (χ4v) is 2.25. The van der Waals surface area contributed by atoms with E-state index in [1.54, 1.807) is 12.3 Å². The summed E-state index contributed by atoms with van der Waals surface area (Å²) >= 11 is 5.74. The van der Waals surface area contributed by atoms with E-state index in [0.29, 0.717) is 24.4 Å². The summed E-state index contributed by atoms with van der Waals surface area (Å²) < 4.78 is 0. The van der Waals surface area contributed by atoms with Crippen molar-refractivity contribution in [2.45, 2.75) is 46.0 Å². The van der Waals surface area contributed by atoms with Gasteiger partial charge in [-0.15, -0.1) is 0 Å².